The number of hydrogen-bond donors (Lipinski definition) is 0. The summed E-state index contributed by atoms with van der Waals surface area (Å²) in [4.78, 5) is 6.77. The number of pyridine rings is 1. The predicted molar refractivity (Wildman–Crippen MR) is 55.0 cm³/mol. The SMILES string of the molecule is Cc1ccnc(N2CCCCC2)c1. The van der Waals surface area contributed by atoms with E-state index in [1.54, 1.807) is 0 Å². The van der Waals surface area contributed by atoms with Crippen LogP contribution in [0.25, 0.3) is 0 Å². The number of anilines is 1. The van der Waals surface area contributed by atoms with Gasteiger partial charge in [0.25, 0.3) is 0 Å². The van der Waals surface area contributed by atoms with E-state index in [0.29, 0.717) is 0 Å². The molecule has 1 fully saturated rings. The summed E-state index contributed by atoms with van der Waals surface area (Å²) in [6.45, 7) is 4.47. The van der Waals surface area contributed by atoms with Crippen LogP contribution < -0.4 is 4.90 Å². The smallest absolute Gasteiger partial charge is 0.128 e. The lowest BCUT2D eigenvalue weighted by molar-refractivity contribution is 0.573. The molecule has 2 heterocycles. The number of piperidine rings is 1. The van der Waals surface area contributed by atoms with Crippen molar-refractivity contribution in [1.82, 2.24) is 4.98 Å². The molecule has 2 rings (SSSR count). The fourth-order valence-electron chi connectivity index (χ4n) is 1.82. The summed E-state index contributed by atoms with van der Waals surface area (Å²) in [7, 11) is 0. The summed E-state index contributed by atoms with van der Waals surface area (Å²) >= 11 is 0. The Labute approximate surface area is 79.6 Å². The molecule has 0 bridgehead atoms. The van der Waals surface area contributed by atoms with Crippen LogP contribution in [-0.2, 0) is 0 Å². The van der Waals surface area contributed by atoms with E-state index in [-0.39, 0.29) is 0 Å². The highest BCUT2D eigenvalue weighted by Gasteiger charge is 2.11. The lowest BCUT2D eigenvalue weighted by atomic mass is 10.1. The zero-order chi connectivity index (χ0) is 9.10. The summed E-state index contributed by atoms with van der Waals surface area (Å²) in [6, 6.07) is 4.22. The van der Waals surface area contributed by atoms with Gasteiger partial charge in [-0.15, -0.1) is 0 Å². The Morgan fingerprint density at radius 2 is 2.00 bits per heavy atom. The minimum atomic E-state index is 1.15. The molecule has 0 atom stereocenters. The quantitative estimate of drug-likeness (QED) is 0.653. The maximum atomic E-state index is 4.39. The van der Waals surface area contributed by atoms with Crippen LogP contribution in [0.5, 0.6) is 0 Å². The van der Waals surface area contributed by atoms with Crippen molar-refractivity contribution in [3.63, 3.8) is 0 Å². The van der Waals surface area contributed by atoms with Gasteiger partial charge in [-0.3, -0.25) is 0 Å². The molecule has 0 radical (unpaired) electrons. The van der Waals surface area contributed by atoms with Crippen molar-refractivity contribution in [2.75, 3.05) is 18.0 Å². The second-order valence-corrected chi connectivity index (χ2v) is 3.74. The van der Waals surface area contributed by atoms with Gasteiger partial charge in [-0.1, -0.05) is 0 Å². The largest absolute Gasteiger partial charge is 0.357 e. The monoisotopic (exact) mass is 176 g/mol. The van der Waals surface area contributed by atoms with Crippen LogP contribution in [0, 0.1) is 6.92 Å². The average molecular weight is 176 g/mol. The van der Waals surface area contributed by atoms with Crippen molar-refractivity contribution >= 4 is 5.82 Å². The molecule has 2 heteroatoms. The van der Waals surface area contributed by atoms with Gasteiger partial charge in [-0.2, -0.15) is 0 Å². The first-order valence-electron chi connectivity index (χ1n) is 5.04. The molecule has 0 amide bonds. The Hall–Kier alpha value is -1.05. The first-order valence-corrected chi connectivity index (χ1v) is 5.04. The molecule has 70 valence electrons. The molecule has 0 aromatic carbocycles. The van der Waals surface area contributed by atoms with Gasteiger partial charge in [0.2, 0.25) is 0 Å². The molecule has 1 aliphatic rings. The minimum Gasteiger partial charge on any atom is -0.357 e. The molecule has 0 N–H and O–H groups in total. The fourth-order valence-corrected chi connectivity index (χ4v) is 1.82. The highest BCUT2D eigenvalue weighted by molar-refractivity contribution is 5.40. The molecular weight excluding hydrogens is 160 g/mol. The standard InChI is InChI=1S/C11H16N2/c1-10-5-6-12-11(9-10)13-7-3-2-4-8-13/h5-6,9H,2-4,7-8H2,1H3. The van der Waals surface area contributed by atoms with Crippen LogP contribution in [-0.4, -0.2) is 18.1 Å². The minimum absolute atomic E-state index is 1.15. The van der Waals surface area contributed by atoms with Crippen molar-refractivity contribution in [2.24, 2.45) is 0 Å². The van der Waals surface area contributed by atoms with E-state index >= 15 is 0 Å². The van der Waals surface area contributed by atoms with E-state index in [2.05, 4.69) is 22.9 Å². The molecule has 1 aliphatic heterocycles. The number of aryl methyl sites for hydroxylation is 1. The van der Waals surface area contributed by atoms with Gasteiger partial charge in [0, 0.05) is 19.3 Å². The Morgan fingerprint density at radius 3 is 2.69 bits per heavy atom. The lowest BCUT2D eigenvalue weighted by Crippen LogP contribution is -2.30. The van der Waals surface area contributed by atoms with Crippen molar-refractivity contribution in [3.05, 3.63) is 23.9 Å². The van der Waals surface area contributed by atoms with Crippen molar-refractivity contribution < 1.29 is 0 Å². The third-order valence-electron chi connectivity index (χ3n) is 2.58. The second kappa shape index (κ2) is 3.77. The zero-order valence-corrected chi connectivity index (χ0v) is 8.16. The highest BCUT2D eigenvalue weighted by atomic mass is 15.2. The van der Waals surface area contributed by atoms with Crippen LogP contribution in [0.2, 0.25) is 0 Å². The molecule has 0 spiro atoms. The van der Waals surface area contributed by atoms with Gasteiger partial charge in [0.15, 0.2) is 0 Å². The maximum absolute atomic E-state index is 4.39. The van der Waals surface area contributed by atoms with Crippen LogP contribution in [0.4, 0.5) is 5.82 Å². The van der Waals surface area contributed by atoms with E-state index < -0.39 is 0 Å². The molecular formula is C11H16N2. The van der Waals surface area contributed by atoms with E-state index in [4.69, 9.17) is 0 Å². The third-order valence-corrected chi connectivity index (χ3v) is 2.58. The topological polar surface area (TPSA) is 16.1 Å². The number of hydrogen-bond acceptors (Lipinski definition) is 2. The number of nitrogens with zero attached hydrogens (tertiary/aromatic N) is 2. The van der Waals surface area contributed by atoms with Gasteiger partial charge in [0.05, 0.1) is 0 Å². The summed E-state index contributed by atoms with van der Waals surface area (Å²) in [5.41, 5.74) is 1.30. The van der Waals surface area contributed by atoms with Crippen LogP contribution in [0.15, 0.2) is 18.3 Å². The molecule has 0 aliphatic carbocycles. The number of aromatic nitrogens is 1. The predicted octanol–water partition coefficient (Wildman–Crippen LogP) is 2.38. The average Bonchev–Trinajstić information content (AvgIpc) is 2.19. The van der Waals surface area contributed by atoms with Crippen LogP contribution in [0.3, 0.4) is 0 Å². The maximum Gasteiger partial charge on any atom is 0.128 e. The van der Waals surface area contributed by atoms with Gasteiger partial charge in [-0.05, 0) is 43.9 Å². The van der Waals surface area contributed by atoms with Gasteiger partial charge in [0.1, 0.15) is 5.82 Å². The van der Waals surface area contributed by atoms with E-state index in [9.17, 15) is 0 Å². The van der Waals surface area contributed by atoms with Gasteiger partial charge >= 0.3 is 0 Å². The van der Waals surface area contributed by atoms with Crippen LogP contribution >= 0.6 is 0 Å². The van der Waals surface area contributed by atoms with E-state index in [0.717, 1.165) is 5.82 Å². The second-order valence-electron chi connectivity index (χ2n) is 3.74. The summed E-state index contributed by atoms with van der Waals surface area (Å²) < 4.78 is 0. The molecule has 1 aromatic heterocycles. The van der Waals surface area contributed by atoms with Crippen molar-refractivity contribution in [3.8, 4) is 0 Å². The first-order chi connectivity index (χ1) is 6.36. The molecule has 13 heavy (non-hydrogen) atoms. The Morgan fingerprint density at radius 1 is 1.23 bits per heavy atom. The van der Waals surface area contributed by atoms with Crippen molar-refractivity contribution in [1.29, 1.82) is 0 Å². The van der Waals surface area contributed by atoms with E-state index in [1.807, 2.05) is 12.3 Å². The third kappa shape index (κ3) is 2.00. The normalized spacial score (nSPS) is 17.5. The Bertz CT molecular complexity index is 277. The highest BCUT2D eigenvalue weighted by Crippen LogP contribution is 2.17. The zero-order valence-electron chi connectivity index (χ0n) is 8.16. The summed E-state index contributed by atoms with van der Waals surface area (Å²) in [6.07, 6.45) is 5.91. The van der Waals surface area contributed by atoms with Crippen molar-refractivity contribution in [2.45, 2.75) is 26.2 Å². The molecule has 0 saturated carbocycles. The van der Waals surface area contributed by atoms with Crippen LogP contribution in [0.1, 0.15) is 24.8 Å². The first kappa shape index (κ1) is 8.54. The molecule has 1 aromatic rings. The Balaban J connectivity index is 2.14. The van der Waals surface area contributed by atoms with Gasteiger partial charge in [-0.25, -0.2) is 4.98 Å². The summed E-state index contributed by atoms with van der Waals surface area (Å²) in [5.74, 6) is 1.15. The van der Waals surface area contributed by atoms with Gasteiger partial charge < -0.3 is 4.90 Å². The molecule has 0 unspecified atom stereocenters. The van der Waals surface area contributed by atoms with E-state index in [1.165, 1.54) is 37.9 Å². The summed E-state index contributed by atoms with van der Waals surface area (Å²) in [5, 5.41) is 0. The Kier molecular flexibility index (Phi) is 2.48. The fraction of sp³-hybridized carbons (Fsp3) is 0.545. The molecule has 2 nitrogen and oxygen atoms in total. The molecule has 1 saturated heterocycles. The lowest BCUT2D eigenvalue weighted by Gasteiger charge is -2.27. The number of rotatable bonds is 1.